The Morgan fingerprint density at radius 2 is 1.70 bits per heavy atom. The van der Waals surface area contributed by atoms with Gasteiger partial charge in [-0.05, 0) is 73.7 Å². The molecule has 7 nitrogen and oxygen atoms in total. The maximum atomic E-state index is 12.9. The number of piperidine rings is 1. The lowest BCUT2D eigenvalue weighted by Gasteiger charge is -2.37. The van der Waals surface area contributed by atoms with Crippen molar-refractivity contribution in [1.82, 2.24) is 15.3 Å². The van der Waals surface area contributed by atoms with Crippen LogP contribution in [0, 0.1) is 0 Å². The van der Waals surface area contributed by atoms with Crippen molar-refractivity contribution in [3.8, 4) is 11.1 Å². The molecule has 1 aromatic heterocycles. The molecular formula is C29H32N6OS. The van der Waals surface area contributed by atoms with Crippen LogP contribution in [-0.2, 0) is 0 Å². The second-order valence-corrected chi connectivity index (χ2v) is 11.2. The van der Waals surface area contributed by atoms with Crippen molar-refractivity contribution >= 4 is 29.2 Å². The minimum absolute atomic E-state index is 0.0885. The number of anilines is 2. The van der Waals surface area contributed by atoms with Gasteiger partial charge in [0.2, 0.25) is 0 Å². The normalized spacial score (nSPS) is 18.8. The summed E-state index contributed by atoms with van der Waals surface area (Å²) in [5.74, 6) is 0.763. The Morgan fingerprint density at radius 3 is 2.35 bits per heavy atom. The summed E-state index contributed by atoms with van der Waals surface area (Å²) in [5.41, 5.74) is 16.2. The van der Waals surface area contributed by atoms with Crippen LogP contribution in [0.15, 0.2) is 89.9 Å². The number of thioether (sulfide) groups is 1. The van der Waals surface area contributed by atoms with E-state index < -0.39 is 0 Å². The van der Waals surface area contributed by atoms with Crippen molar-refractivity contribution in [2.45, 2.75) is 42.0 Å². The number of hydrogen-bond donors (Lipinski definition) is 3. The van der Waals surface area contributed by atoms with Gasteiger partial charge in [-0.25, -0.2) is 9.97 Å². The van der Waals surface area contributed by atoms with Gasteiger partial charge < -0.3 is 21.7 Å². The van der Waals surface area contributed by atoms with Crippen molar-refractivity contribution in [3.05, 3.63) is 90.4 Å². The first kappa shape index (κ1) is 25.0. The van der Waals surface area contributed by atoms with Gasteiger partial charge in [0, 0.05) is 40.8 Å². The highest BCUT2D eigenvalue weighted by atomic mass is 32.2. The fraction of sp³-hybridized carbons (Fsp3) is 0.276. The Hall–Kier alpha value is -3.62. The molecule has 3 aromatic rings. The molecule has 0 saturated carbocycles. The van der Waals surface area contributed by atoms with Gasteiger partial charge in [0.25, 0.3) is 5.91 Å². The highest BCUT2D eigenvalue weighted by molar-refractivity contribution is 8.00. The number of hydrogen-bond acceptors (Lipinski definition) is 7. The summed E-state index contributed by atoms with van der Waals surface area (Å²) in [6.45, 7) is 3.91. The van der Waals surface area contributed by atoms with Gasteiger partial charge in [0.05, 0.1) is 12.4 Å². The standard InChI is InChI=1S/C29H32N6OS/c1-29(31)13-15-35(16-14-29)26-18-33-27(19-32-26)37-25-4-2-3-24(17-25)34-28(36)22-7-5-20(6-8-22)21-9-11-23(30)12-10-21/h2-3,5-12,17-19,25H,4,13-16,30-31H2,1H3,(H,34,36). The smallest absolute Gasteiger partial charge is 0.255 e. The number of amides is 1. The Morgan fingerprint density at radius 1 is 1.03 bits per heavy atom. The topological polar surface area (TPSA) is 110 Å². The number of carbonyl (C=O) groups is 1. The Bertz CT molecular complexity index is 1290. The fourth-order valence-corrected chi connectivity index (χ4v) is 5.41. The Balaban J connectivity index is 1.17. The fourth-order valence-electron chi connectivity index (χ4n) is 4.45. The van der Waals surface area contributed by atoms with E-state index in [0.717, 1.165) is 65.7 Å². The predicted molar refractivity (Wildman–Crippen MR) is 151 cm³/mol. The molecule has 8 heteroatoms. The number of nitrogens with one attached hydrogen (secondary N) is 1. The second-order valence-electron chi connectivity index (χ2n) is 9.92. The lowest BCUT2D eigenvalue weighted by atomic mass is 9.91. The first-order valence-electron chi connectivity index (χ1n) is 12.5. The maximum absolute atomic E-state index is 12.9. The summed E-state index contributed by atoms with van der Waals surface area (Å²) in [4.78, 5) is 24.4. The molecule has 2 aliphatic rings. The van der Waals surface area contributed by atoms with Gasteiger partial charge in [-0.2, -0.15) is 0 Å². The molecule has 1 fully saturated rings. The van der Waals surface area contributed by atoms with Gasteiger partial charge in [-0.1, -0.05) is 42.1 Å². The zero-order valence-electron chi connectivity index (χ0n) is 20.9. The monoisotopic (exact) mass is 512 g/mol. The van der Waals surface area contributed by atoms with Crippen LogP contribution in [0.2, 0.25) is 0 Å². The molecule has 1 atom stereocenters. The van der Waals surface area contributed by atoms with E-state index in [9.17, 15) is 4.79 Å². The molecule has 0 bridgehead atoms. The van der Waals surface area contributed by atoms with Crippen LogP contribution < -0.4 is 21.7 Å². The Labute approximate surface area is 222 Å². The number of nitrogens with two attached hydrogens (primary N) is 2. The lowest BCUT2D eigenvalue weighted by Crippen LogP contribution is -2.48. The van der Waals surface area contributed by atoms with E-state index in [-0.39, 0.29) is 16.7 Å². The molecular weight excluding hydrogens is 480 g/mol. The molecule has 1 saturated heterocycles. The largest absolute Gasteiger partial charge is 0.399 e. The molecule has 1 amide bonds. The zero-order valence-corrected chi connectivity index (χ0v) is 21.7. The van der Waals surface area contributed by atoms with Gasteiger partial charge in [0.15, 0.2) is 0 Å². The second kappa shape index (κ2) is 10.8. The highest BCUT2D eigenvalue weighted by Gasteiger charge is 2.26. The van der Waals surface area contributed by atoms with Crippen LogP contribution in [0.1, 0.15) is 36.5 Å². The maximum Gasteiger partial charge on any atom is 0.255 e. The van der Waals surface area contributed by atoms with Crippen molar-refractivity contribution in [3.63, 3.8) is 0 Å². The third-order valence-corrected chi connectivity index (χ3v) is 7.88. The first-order chi connectivity index (χ1) is 17.8. The summed E-state index contributed by atoms with van der Waals surface area (Å²) in [6.07, 6.45) is 12.6. The van der Waals surface area contributed by atoms with Crippen LogP contribution in [-0.4, -0.2) is 39.8 Å². The van der Waals surface area contributed by atoms with Crippen LogP contribution in [0.3, 0.4) is 0 Å². The molecule has 0 spiro atoms. The van der Waals surface area contributed by atoms with Gasteiger partial charge in [-0.3, -0.25) is 4.79 Å². The third-order valence-electron chi connectivity index (χ3n) is 6.80. The summed E-state index contributed by atoms with van der Waals surface area (Å²) < 4.78 is 0. The number of aromatic nitrogens is 2. The van der Waals surface area contributed by atoms with Crippen molar-refractivity contribution in [2.24, 2.45) is 5.73 Å². The molecule has 0 radical (unpaired) electrons. The third kappa shape index (κ3) is 6.39. The van der Waals surface area contributed by atoms with Crippen LogP contribution in [0.4, 0.5) is 11.5 Å². The number of rotatable bonds is 6. The molecule has 1 unspecified atom stereocenters. The number of nitrogen functional groups attached to an aromatic ring is 1. The summed E-state index contributed by atoms with van der Waals surface area (Å²) >= 11 is 1.65. The van der Waals surface area contributed by atoms with Gasteiger partial charge in [-0.15, -0.1) is 0 Å². The molecule has 2 heterocycles. The van der Waals surface area contributed by atoms with Crippen LogP contribution in [0.5, 0.6) is 0 Å². The average Bonchev–Trinajstić information content (AvgIpc) is 2.90. The average molecular weight is 513 g/mol. The SMILES string of the molecule is CC1(N)CCN(c2cnc(SC3C=C(NC(=O)c4ccc(-c5ccc(N)cc5)cc4)C=CC3)cn2)CC1. The first-order valence-corrected chi connectivity index (χ1v) is 13.4. The minimum atomic E-state index is -0.135. The van der Waals surface area contributed by atoms with E-state index in [1.54, 1.807) is 11.8 Å². The van der Waals surface area contributed by atoms with Gasteiger partial charge >= 0.3 is 0 Å². The van der Waals surface area contributed by atoms with Gasteiger partial charge in [0.1, 0.15) is 10.8 Å². The molecule has 190 valence electrons. The summed E-state index contributed by atoms with van der Waals surface area (Å²) in [6, 6.07) is 15.3. The van der Waals surface area contributed by atoms with E-state index in [2.05, 4.69) is 39.3 Å². The molecule has 5 N–H and O–H groups in total. The van der Waals surface area contributed by atoms with E-state index in [1.807, 2.05) is 67.0 Å². The van der Waals surface area contributed by atoms with Crippen LogP contribution in [0.25, 0.3) is 11.1 Å². The number of benzene rings is 2. The number of nitrogens with zero attached hydrogens (tertiary/aromatic N) is 3. The quantitative estimate of drug-likeness (QED) is 0.408. The van der Waals surface area contributed by atoms with E-state index in [0.29, 0.717) is 5.56 Å². The molecule has 1 aliphatic heterocycles. The van der Waals surface area contributed by atoms with Crippen molar-refractivity contribution < 1.29 is 4.79 Å². The van der Waals surface area contributed by atoms with Crippen LogP contribution >= 0.6 is 11.8 Å². The predicted octanol–water partition coefficient (Wildman–Crippen LogP) is 4.78. The summed E-state index contributed by atoms with van der Waals surface area (Å²) in [7, 11) is 0. The van der Waals surface area contributed by atoms with E-state index in [1.165, 1.54) is 0 Å². The highest BCUT2D eigenvalue weighted by Crippen LogP contribution is 2.29. The molecule has 2 aromatic carbocycles. The summed E-state index contributed by atoms with van der Waals surface area (Å²) in [5, 5.41) is 4.06. The minimum Gasteiger partial charge on any atom is -0.399 e. The van der Waals surface area contributed by atoms with Crippen molar-refractivity contribution in [2.75, 3.05) is 23.7 Å². The zero-order chi connectivity index (χ0) is 25.8. The number of carbonyl (C=O) groups excluding carboxylic acids is 1. The number of allylic oxidation sites excluding steroid dienone is 2. The van der Waals surface area contributed by atoms with E-state index >= 15 is 0 Å². The lowest BCUT2D eigenvalue weighted by molar-refractivity contribution is 0.0967. The molecule has 1 aliphatic carbocycles. The van der Waals surface area contributed by atoms with Crippen molar-refractivity contribution in [1.29, 1.82) is 0 Å². The molecule has 5 rings (SSSR count). The molecule has 37 heavy (non-hydrogen) atoms. The van der Waals surface area contributed by atoms with E-state index in [4.69, 9.17) is 11.5 Å². The Kier molecular flexibility index (Phi) is 7.30.